The lowest BCUT2D eigenvalue weighted by Crippen LogP contribution is -1.93. The first-order valence-corrected chi connectivity index (χ1v) is 12.0. The number of hydrogen-bond acceptors (Lipinski definition) is 3. The van der Waals surface area contributed by atoms with E-state index in [-0.39, 0.29) is 0 Å². The molecular formula is C33H22N2O. The third kappa shape index (κ3) is 3.14. The van der Waals surface area contributed by atoms with Gasteiger partial charge in [-0.25, -0.2) is 0 Å². The highest BCUT2D eigenvalue weighted by molar-refractivity contribution is 6.21. The second kappa shape index (κ2) is 8.17. The zero-order valence-corrected chi connectivity index (χ0v) is 19.8. The van der Waals surface area contributed by atoms with Gasteiger partial charge in [0.15, 0.2) is 0 Å². The Morgan fingerprint density at radius 2 is 1.19 bits per heavy atom. The predicted molar refractivity (Wildman–Crippen MR) is 149 cm³/mol. The van der Waals surface area contributed by atoms with E-state index in [9.17, 15) is 0 Å². The number of nitrogens with zero attached hydrogens (tertiary/aromatic N) is 2. The fourth-order valence-corrected chi connectivity index (χ4v) is 5.37. The summed E-state index contributed by atoms with van der Waals surface area (Å²) < 4.78 is 5.41. The average Bonchev–Trinajstić information content (AvgIpc) is 2.95. The molecule has 7 aromatic rings. The van der Waals surface area contributed by atoms with Crippen molar-refractivity contribution in [2.75, 3.05) is 7.11 Å². The third-order valence-corrected chi connectivity index (χ3v) is 7.04. The summed E-state index contributed by atoms with van der Waals surface area (Å²) in [5, 5.41) is 8.11. The summed E-state index contributed by atoms with van der Waals surface area (Å²) in [7, 11) is 1.70. The summed E-state index contributed by atoms with van der Waals surface area (Å²) in [5.74, 6) is 0.852. The van der Waals surface area contributed by atoms with Crippen molar-refractivity contribution in [1.82, 2.24) is 9.97 Å². The van der Waals surface area contributed by atoms with Crippen molar-refractivity contribution in [1.29, 1.82) is 0 Å². The van der Waals surface area contributed by atoms with E-state index in [0.717, 1.165) is 44.2 Å². The molecule has 0 atom stereocenters. The first-order chi connectivity index (χ1) is 17.8. The highest BCUT2D eigenvalue weighted by Gasteiger charge is 2.17. The van der Waals surface area contributed by atoms with E-state index in [1.165, 1.54) is 27.1 Å². The van der Waals surface area contributed by atoms with Gasteiger partial charge in [-0.05, 0) is 56.9 Å². The Balaban J connectivity index is 1.59. The van der Waals surface area contributed by atoms with Gasteiger partial charge in [0.25, 0.3) is 0 Å². The maximum atomic E-state index is 5.41. The molecule has 0 unspecified atom stereocenters. The topological polar surface area (TPSA) is 35.0 Å². The van der Waals surface area contributed by atoms with Crippen LogP contribution in [0.4, 0.5) is 0 Å². The minimum absolute atomic E-state index is 0.852. The average molecular weight is 463 g/mol. The zero-order valence-electron chi connectivity index (χ0n) is 19.8. The molecule has 0 aliphatic rings. The number of hydrogen-bond donors (Lipinski definition) is 0. The van der Waals surface area contributed by atoms with Gasteiger partial charge in [0, 0.05) is 34.1 Å². The maximum Gasteiger partial charge on any atom is 0.118 e. The molecule has 0 amide bonds. The molecule has 5 aromatic carbocycles. The molecule has 170 valence electrons. The molecule has 3 heteroatoms. The van der Waals surface area contributed by atoms with Crippen LogP contribution in [-0.4, -0.2) is 17.1 Å². The monoisotopic (exact) mass is 462 g/mol. The summed E-state index contributed by atoms with van der Waals surface area (Å²) >= 11 is 0. The summed E-state index contributed by atoms with van der Waals surface area (Å²) in [6.07, 6.45) is 3.83. The Hall–Kier alpha value is -4.76. The first-order valence-electron chi connectivity index (χ1n) is 12.0. The summed E-state index contributed by atoms with van der Waals surface area (Å²) in [6, 6.07) is 36.1. The SMILES string of the molecule is COc1ccc(-c2c3ccccc3c(-c3cc4c(ccc5cccnc54)cn3)c3ccccc23)cc1. The number of fused-ring (bicyclic) bond motifs is 5. The molecule has 0 saturated heterocycles. The molecule has 2 heterocycles. The zero-order chi connectivity index (χ0) is 24.1. The molecule has 0 spiro atoms. The van der Waals surface area contributed by atoms with Crippen molar-refractivity contribution in [3.63, 3.8) is 0 Å². The smallest absolute Gasteiger partial charge is 0.118 e. The molecule has 0 radical (unpaired) electrons. The van der Waals surface area contributed by atoms with Crippen LogP contribution in [0, 0.1) is 0 Å². The Labute approximate surface area is 208 Å². The molecule has 0 bridgehead atoms. The molecule has 3 nitrogen and oxygen atoms in total. The first kappa shape index (κ1) is 20.6. The minimum Gasteiger partial charge on any atom is -0.497 e. The lowest BCUT2D eigenvalue weighted by molar-refractivity contribution is 0.415. The molecule has 0 saturated carbocycles. The molecule has 2 aromatic heterocycles. The highest BCUT2D eigenvalue weighted by atomic mass is 16.5. The van der Waals surface area contributed by atoms with Crippen LogP contribution < -0.4 is 4.74 Å². The molecule has 7 rings (SSSR count). The van der Waals surface area contributed by atoms with Crippen LogP contribution in [-0.2, 0) is 0 Å². The number of pyridine rings is 2. The third-order valence-electron chi connectivity index (χ3n) is 7.04. The second-order valence-corrected chi connectivity index (χ2v) is 9.00. The Morgan fingerprint density at radius 3 is 1.86 bits per heavy atom. The van der Waals surface area contributed by atoms with Gasteiger partial charge < -0.3 is 4.74 Å². The second-order valence-electron chi connectivity index (χ2n) is 9.00. The number of methoxy groups -OCH3 is 1. The van der Waals surface area contributed by atoms with Gasteiger partial charge in [-0.15, -0.1) is 0 Å². The predicted octanol–water partition coefficient (Wildman–Crippen LogP) is 8.43. The molecular weight excluding hydrogens is 440 g/mol. The minimum atomic E-state index is 0.852. The van der Waals surface area contributed by atoms with Crippen LogP contribution in [0.2, 0.25) is 0 Å². The van der Waals surface area contributed by atoms with Crippen LogP contribution in [0.1, 0.15) is 0 Å². The van der Waals surface area contributed by atoms with Crippen LogP contribution in [0.5, 0.6) is 5.75 Å². The van der Waals surface area contributed by atoms with Gasteiger partial charge in [0.2, 0.25) is 0 Å². The van der Waals surface area contributed by atoms with E-state index >= 15 is 0 Å². The van der Waals surface area contributed by atoms with Crippen molar-refractivity contribution < 1.29 is 4.74 Å². The number of ether oxygens (including phenoxy) is 1. The van der Waals surface area contributed by atoms with E-state index in [2.05, 4.69) is 84.9 Å². The van der Waals surface area contributed by atoms with E-state index in [4.69, 9.17) is 14.7 Å². The largest absolute Gasteiger partial charge is 0.497 e. The van der Waals surface area contributed by atoms with Crippen LogP contribution in [0.15, 0.2) is 116 Å². The van der Waals surface area contributed by atoms with Crippen molar-refractivity contribution in [2.45, 2.75) is 0 Å². The van der Waals surface area contributed by atoms with Crippen molar-refractivity contribution in [2.24, 2.45) is 0 Å². The van der Waals surface area contributed by atoms with E-state index in [1.54, 1.807) is 7.11 Å². The van der Waals surface area contributed by atoms with Gasteiger partial charge in [-0.1, -0.05) is 78.9 Å². The summed E-state index contributed by atoms with van der Waals surface area (Å²) in [4.78, 5) is 9.66. The van der Waals surface area contributed by atoms with Crippen molar-refractivity contribution in [3.05, 3.63) is 116 Å². The summed E-state index contributed by atoms with van der Waals surface area (Å²) in [6.45, 7) is 0. The lowest BCUT2D eigenvalue weighted by Gasteiger charge is -2.17. The van der Waals surface area contributed by atoms with Crippen LogP contribution >= 0.6 is 0 Å². The van der Waals surface area contributed by atoms with Gasteiger partial charge in [-0.2, -0.15) is 0 Å². The molecule has 0 aliphatic carbocycles. The normalized spacial score (nSPS) is 11.5. The van der Waals surface area contributed by atoms with Crippen molar-refractivity contribution in [3.8, 4) is 28.1 Å². The van der Waals surface area contributed by atoms with E-state index in [0.29, 0.717) is 0 Å². The van der Waals surface area contributed by atoms with Crippen molar-refractivity contribution >= 4 is 43.2 Å². The number of rotatable bonds is 3. The number of benzene rings is 5. The Morgan fingerprint density at radius 1 is 0.556 bits per heavy atom. The van der Waals surface area contributed by atoms with Gasteiger partial charge in [0.1, 0.15) is 5.75 Å². The van der Waals surface area contributed by atoms with Crippen LogP contribution in [0.25, 0.3) is 65.6 Å². The number of aromatic nitrogens is 2. The van der Waals surface area contributed by atoms with Gasteiger partial charge in [0.05, 0.1) is 18.3 Å². The molecule has 0 fully saturated rings. The Bertz CT molecular complexity index is 1870. The Kier molecular flexibility index (Phi) is 4.68. The van der Waals surface area contributed by atoms with Gasteiger partial charge in [-0.3, -0.25) is 9.97 Å². The highest BCUT2D eigenvalue weighted by Crippen LogP contribution is 2.43. The van der Waals surface area contributed by atoms with Gasteiger partial charge >= 0.3 is 0 Å². The fraction of sp³-hybridized carbons (Fsp3) is 0.0303. The molecule has 36 heavy (non-hydrogen) atoms. The quantitative estimate of drug-likeness (QED) is 0.195. The molecule has 0 aliphatic heterocycles. The van der Waals surface area contributed by atoms with E-state index in [1.807, 2.05) is 30.6 Å². The lowest BCUT2D eigenvalue weighted by atomic mass is 9.87. The maximum absolute atomic E-state index is 5.41. The summed E-state index contributed by atoms with van der Waals surface area (Å²) in [5.41, 5.74) is 5.49. The van der Waals surface area contributed by atoms with E-state index < -0.39 is 0 Å². The van der Waals surface area contributed by atoms with Crippen LogP contribution in [0.3, 0.4) is 0 Å². The molecule has 0 N–H and O–H groups in total. The standard InChI is InChI=1S/C33H22N2O/c1-36-24-16-14-21(15-17-24)31-25-8-2-4-10-27(25)32(28-11-5-3-9-26(28)31)30-19-29-23(20-35-30)13-12-22-7-6-18-34-33(22)29/h2-20H,1H3. The fourth-order valence-electron chi connectivity index (χ4n) is 5.37.